The molecule has 0 aliphatic carbocycles. The Morgan fingerprint density at radius 2 is 1.97 bits per heavy atom. The van der Waals surface area contributed by atoms with Crippen LogP contribution >= 0.6 is 31.9 Å². The molecule has 2 amide bonds. The third-order valence-electron chi connectivity index (χ3n) is 4.58. The molecule has 0 radical (unpaired) electrons. The fourth-order valence-electron chi connectivity index (χ4n) is 3.31. The van der Waals surface area contributed by atoms with Gasteiger partial charge in [-0.15, -0.1) is 0 Å². The monoisotopic (exact) mass is 560 g/mol. The van der Waals surface area contributed by atoms with E-state index < -0.39 is 39.7 Å². The highest BCUT2D eigenvalue weighted by molar-refractivity contribution is 9.10. The Morgan fingerprint density at radius 3 is 2.57 bits per heavy atom. The molecule has 30 heavy (non-hydrogen) atoms. The number of amides is 2. The predicted octanol–water partition coefficient (Wildman–Crippen LogP) is 2.40. The first kappa shape index (κ1) is 23.1. The number of alkyl halides is 1. The van der Waals surface area contributed by atoms with Gasteiger partial charge in [0.25, 0.3) is 5.91 Å². The summed E-state index contributed by atoms with van der Waals surface area (Å²) in [5.74, 6) is -1.32. The third kappa shape index (κ3) is 4.70. The van der Waals surface area contributed by atoms with Gasteiger partial charge in [-0.05, 0) is 38.0 Å². The molecule has 3 atom stereocenters. The molecule has 0 aromatic heterocycles. The maximum absolute atomic E-state index is 12.8. The molecular weight excluding hydrogens is 540 g/mol. The first-order valence-electron chi connectivity index (χ1n) is 9.28. The molecule has 1 saturated heterocycles. The molecule has 2 heterocycles. The smallest absolute Gasteiger partial charge is 0.355 e. The van der Waals surface area contributed by atoms with Gasteiger partial charge in [-0.1, -0.05) is 50.1 Å². The lowest BCUT2D eigenvalue weighted by Crippen LogP contribution is -2.73. The zero-order valence-corrected chi connectivity index (χ0v) is 20.7. The van der Waals surface area contributed by atoms with Crippen molar-refractivity contribution in [3.63, 3.8) is 0 Å². The Morgan fingerprint density at radius 1 is 1.30 bits per heavy atom. The van der Waals surface area contributed by atoms with Gasteiger partial charge in [0.2, 0.25) is 5.91 Å². The number of ether oxygens (including phenoxy) is 1. The van der Waals surface area contributed by atoms with E-state index >= 15 is 0 Å². The molecule has 3 rings (SSSR count). The quantitative estimate of drug-likeness (QED) is 0.338. The van der Waals surface area contributed by atoms with Gasteiger partial charge in [0.05, 0.1) is 23.0 Å². The molecule has 162 valence electrons. The normalized spacial score (nSPS) is 23.6. The zero-order chi connectivity index (χ0) is 22.2. The second-order valence-corrected chi connectivity index (χ2v) is 11.0. The van der Waals surface area contributed by atoms with Crippen LogP contribution in [0.25, 0.3) is 0 Å². The van der Waals surface area contributed by atoms with E-state index in [-0.39, 0.29) is 23.8 Å². The van der Waals surface area contributed by atoms with Crippen LogP contribution in [0.5, 0.6) is 0 Å². The van der Waals surface area contributed by atoms with Crippen molar-refractivity contribution in [2.24, 2.45) is 0 Å². The number of β-lactam (4-membered cyclic amide) rings is 1. The number of benzene rings is 1. The average molecular weight is 562 g/mol. The summed E-state index contributed by atoms with van der Waals surface area (Å²) >= 11 is 6.70. The number of fused-ring (bicyclic) bond motifs is 1. The Labute approximate surface area is 194 Å². The highest BCUT2D eigenvalue weighted by atomic mass is 79.9. The molecule has 1 aromatic carbocycles. The maximum atomic E-state index is 12.8. The van der Waals surface area contributed by atoms with Crippen LogP contribution in [0, 0.1) is 0 Å². The van der Waals surface area contributed by atoms with Crippen molar-refractivity contribution in [3.05, 3.63) is 45.6 Å². The van der Waals surface area contributed by atoms with Crippen LogP contribution in [0.2, 0.25) is 0 Å². The molecule has 0 bridgehead atoms. The summed E-state index contributed by atoms with van der Waals surface area (Å²) in [7, 11) is -1.45. The molecule has 2 aliphatic rings. The molecule has 2 aliphatic heterocycles. The Balaban J connectivity index is 1.78. The van der Waals surface area contributed by atoms with Gasteiger partial charge in [0.1, 0.15) is 22.7 Å². The van der Waals surface area contributed by atoms with Crippen LogP contribution in [-0.4, -0.2) is 55.0 Å². The van der Waals surface area contributed by atoms with E-state index in [0.29, 0.717) is 10.9 Å². The summed E-state index contributed by atoms with van der Waals surface area (Å²) < 4.78 is 19.0. The highest BCUT2D eigenvalue weighted by Gasteiger charge is 2.57. The van der Waals surface area contributed by atoms with E-state index in [9.17, 15) is 18.6 Å². The largest absolute Gasteiger partial charge is 0.455 e. The molecular formula is C20H22Br2N2O5S. The fraction of sp³-hybridized carbons (Fsp3) is 0.450. The van der Waals surface area contributed by atoms with Crippen molar-refractivity contribution < 1.29 is 23.3 Å². The summed E-state index contributed by atoms with van der Waals surface area (Å²) in [6.45, 7) is 5.21. The number of nitrogens with zero attached hydrogens (tertiary/aromatic N) is 1. The molecule has 1 fully saturated rings. The van der Waals surface area contributed by atoms with E-state index in [1.807, 2.05) is 24.3 Å². The number of esters is 1. The number of nitrogens with one attached hydrogen (secondary N) is 1. The Hall–Kier alpha value is -1.52. The van der Waals surface area contributed by atoms with Crippen molar-refractivity contribution in [2.45, 2.75) is 44.2 Å². The Bertz CT molecular complexity index is 957. The minimum atomic E-state index is -1.45. The predicted molar refractivity (Wildman–Crippen MR) is 120 cm³/mol. The summed E-state index contributed by atoms with van der Waals surface area (Å²) in [5, 5.41) is 2.19. The molecule has 10 heteroatoms. The molecule has 0 spiro atoms. The summed E-state index contributed by atoms with van der Waals surface area (Å²) in [6, 6.07) is 6.36. The summed E-state index contributed by atoms with van der Waals surface area (Å²) in [5.41, 5.74) is 0.704. The van der Waals surface area contributed by atoms with Crippen LogP contribution in [0.15, 0.2) is 40.0 Å². The number of rotatable bonds is 5. The van der Waals surface area contributed by atoms with Crippen molar-refractivity contribution in [1.82, 2.24) is 10.2 Å². The minimum Gasteiger partial charge on any atom is -0.455 e. The van der Waals surface area contributed by atoms with Crippen LogP contribution in [0.4, 0.5) is 0 Å². The van der Waals surface area contributed by atoms with E-state index in [2.05, 4.69) is 37.2 Å². The minimum absolute atomic E-state index is 0.0754. The lowest BCUT2D eigenvalue weighted by molar-refractivity contribution is -0.159. The van der Waals surface area contributed by atoms with Crippen molar-refractivity contribution in [2.75, 3.05) is 11.1 Å². The second kappa shape index (κ2) is 8.92. The Kier molecular flexibility index (Phi) is 6.88. The number of carbonyl (C=O) groups is 3. The number of carbonyl (C=O) groups excluding carboxylic acids is 3. The molecule has 1 aromatic rings. The molecule has 0 saturated carbocycles. The average Bonchev–Trinajstić information content (AvgIpc) is 2.65. The topological polar surface area (TPSA) is 92.8 Å². The van der Waals surface area contributed by atoms with Crippen molar-refractivity contribution in [1.29, 1.82) is 0 Å². The second-order valence-electron chi connectivity index (χ2n) is 8.02. The SMILES string of the molecule is CC(C)(C)OC(=O)C1=C(CBr)CS(=O)C2C(NC(=O)Cc3ccccc3Br)C(=O)N12. The van der Waals surface area contributed by atoms with Gasteiger partial charge in [0.15, 0.2) is 0 Å². The standard InChI is InChI=1S/C20H22Br2N2O5S/c1-20(2,3)29-19(27)16-12(9-21)10-30(28)18-15(17(26)24(16)18)23-14(25)8-11-6-4-5-7-13(11)22/h4-7,15,18H,8-10H2,1-3H3,(H,23,25). The van der Waals surface area contributed by atoms with Crippen molar-refractivity contribution in [3.8, 4) is 0 Å². The third-order valence-corrected chi connectivity index (χ3v) is 7.69. The van der Waals surface area contributed by atoms with Gasteiger partial charge >= 0.3 is 5.97 Å². The van der Waals surface area contributed by atoms with Crippen LogP contribution in [0.1, 0.15) is 26.3 Å². The van der Waals surface area contributed by atoms with E-state index in [1.165, 1.54) is 4.90 Å². The van der Waals surface area contributed by atoms with Crippen LogP contribution in [-0.2, 0) is 36.3 Å². The van der Waals surface area contributed by atoms with Gasteiger partial charge < -0.3 is 10.1 Å². The molecule has 3 unspecified atom stereocenters. The number of hydrogen-bond acceptors (Lipinski definition) is 5. The first-order valence-corrected chi connectivity index (χ1v) is 12.6. The van der Waals surface area contributed by atoms with E-state index in [4.69, 9.17) is 4.74 Å². The lowest BCUT2D eigenvalue weighted by atomic mass is 10.0. The summed E-state index contributed by atoms with van der Waals surface area (Å²) in [6.07, 6.45) is 0.0754. The van der Waals surface area contributed by atoms with Gasteiger partial charge in [-0.25, -0.2) is 4.79 Å². The van der Waals surface area contributed by atoms with E-state index in [1.54, 1.807) is 20.8 Å². The molecule has 1 N–H and O–H groups in total. The maximum Gasteiger partial charge on any atom is 0.355 e. The zero-order valence-electron chi connectivity index (χ0n) is 16.7. The van der Waals surface area contributed by atoms with Crippen LogP contribution < -0.4 is 5.32 Å². The summed E-state index contributed by atoms with van der Waals surface area (Å²) in [4.78, 5) is 39.3. The fourth-order valence-corrected chi connectivity index (χ4v) is 6.15. The van der Waals surface area contributed by atoms with Crippen molar-refractivity contribution >= 4 is 60.4 Å². The lowest BCUT2D eigenvalue weighted by Gasteiger charge is -2.49. The van der Waals surface area contributed by atoms with Gasteiger partial charge in [-0.2, -0.15) is 0 Å². The first-order chi connectivity index (χ1) is 14.0. The highest BCUT2D eigenvalue weighted by Crippen LogP contribution is 2.36. The number of hydrogen-bond donors (Lipinski definition) is 1. The van der Waals surface area contributed by atoms with E-state index in [0.717, 1.165) is 10.0 Å². The number of halogens is 2. The van der Waals surface area contributed by atoms with Gasteiger partial charge in [-0.3, -0.25) is 18.7 Å². The van der Waals surface area contributed by atoms with Crippen LogP contribution in [0.3, 0.4) is 0 Å². The van der Waals surface area contributed by atoms with Gasteiger partial charge in [0, 0.05) is 9.80 Å². The molecule has 7 nitrogen and oxygen atoms in total.